The summed E-state index contributed by atoms with van der Waals surface area (Å²) in [6.45, 7) is 3.54. The normalized spacial score (nSPS) is 16.2. The molecule has 0 amide bonds. The molecule has 4 N–H and O–H groups in total. The maximum Gasteiger partial charge on any atom is 0.124 e. The lowest BCUT2D eigenvalue weighted by atomic mass is 10.0. The quantitative estimate of drug-likeness (QED) is 0.459. The van der Waals surface area contributed by atoms with E-state index in [1.807, 2.05) is 0 Å². The summed E-state index contributed by atoms with van der Waals surface area (Å²) in [6, 6.07) is 15.4. The lowest BCUT2D eigenvalue weighted by Gasteiger charge is -2.08. The molecule has 4 rings (SSSR count). The van der Waals surface area contributed by atoms with Crippen LogP contribution in [0.25, 0.3) is 26.7 Å². The minimum Gasteiger partial charge on any atom is -0.330 e. The molecule has 0 aliphatic carbocycles. The van der Waals surface area contributed by atoms with Gasteiger partial charge in [-0.15, -0.1) is 11.3 Å². The van der Waals surface area contributed by atoms with Gasteiger partial charge in [0.25, 0.3) is 0 Å². The Morgan fingerprint density at radius 3 is 2.45 bits per heavy atom. The molecule has 0 fully saturated rings. The third-order valence-electron chi connectivity index (χ3n) is 5.39. The van der Waals surface area contributed by atoms with Crippen LogP contribution in [0, 0.1) is 5.92 Å². The SMILES string of the molecule is CC1C=CSC(c2cccc(-c3nc(-c4cc(CCN)cc(CCN)c4)cs3)c2)=CC1. The summed E-state index contributed by atoms with van der Waals surface area (Å²) in [7, 11) is 0. The van der Waals surface area contributed by atoms with Gasteiger partial charge in [0.2, 0.25) is 0 Å². The molecular formula is C26H29N3S2. The minimum absolute atomic E-state index is 0.592. The lowest BCUT2D eigenvalue weighted by molar-refractivity contribution is 0.748. The standard InChI is InChI=1S/C26H29N3S2/c1-18-5-6-25(30-12-9-18)21-3-2-4-22(16-21)26-29-24(17-31-26)23-14-19(7-10-27)13-20(15-23)8-11-28/h2-4,6,9,12-18H,5,7-8,10-11,27-28H2,1H3. The largest absolute Gasteiger partial charge is 0.330 e. The molecule has 1 aliphatic rings. The molecule has 0 spiro atoms. The second-order valence-corrected chi connectivity index (χ2v) is 9.77. The smallest absolute Gasteiger partial charge is 0.124 e. The first-order chi connectivity index (χ1) is 15.2. The van der Waals surface area contributed by atoms with Gasteiger partial charge in [-0.2, -0.15) is 0 Å². The highest BCUT2D eigenvalue weighted by molar-refractivity contribution is 8.10. The second kappa shape index (κ2) is 10.4. The third-order valence-corrected chi connectivity index (χ3v) is 7.23. The topological polar surface area (TPSA) is 64.9 Å². The van der Waals surface area contributed by atoms with E-state index in [-0.39, 0.29) is 0 Å². The van der Waals surface area contributed by atoms with Crippen molar-refractivity contribution >= 4 is 28.0 Å². The van der Waals surface area contributed by atoms with Crippen molar-refractivity contribution < 1.29 is 0 Å². The molecular weight excluding hydrogens is 418 g/mol. The fourth-order valence-electron chi connectivity index (χ4n) is 3.73. The van der Waals surface area contributed by atoms with Crippen LogP contribution < -0.4 is 11.5 Å². The van der Waals surface area contributed by atoms with Crippen molar-refractivity contribution in [2.75, 3.05) is 13.1 Å². The highest BCUT2D eigenvalue weighted by Crippen LogP contribution is 2.36. The second-order valence-electron chi connectivity index (χ2n) is 7.96. The van der Waals surface area contributed by atoms with Gasteiger partial charge in [0.05, 0.1) is 5.69 Å². The molecule has 1 atom stereocenters. The number of hydrogen-bond donors (Lipinski definition) is 2. The fraction of sp³-hybridized carbons (Fsp3) is 0.269. The fourth-order valence-corrected chi connectivity index (χ4v) is 5.50. The van der Waals surface area contributed by atoms with Crippen LogP contribution in [0.1, 0.15) is 30.0 Å². The van der Waals surface area contributed by atoms with Crippen LogP contribution in [-0.4, -0.2) is 18.1 Å². The summed E-state index contributed by atoms with van der Waals surface area (Å²) < 4.78 is 0. The monoisotopic (exact) mass is 447 g/mol. The van der Waals surface area contributed by atoms with Gasteiger partial charge < -0.3 is 11.5 Å². The lowest BCUT2D eigenvalue weighted by Crippen LogP contribution is -2.06. The highest BCUT2D eigenvalue weighted by Gasteiger charge is 2.12. The molecule has 0 saturated heterocycles. The number of thioether (sulfide) groups is 1. The Bertz CT molecular complexity index is 1070. The van der Waals surface area contributed by atoms with Gasteiger partial charge in [0, 0.05) is 21.4 Å². The van der Waals surface area contributed by atoms with E-state index in [0.29, 0.717) is 19.0 Å². The van der Waals surface area contributed by atoms with Gasteiger partial charge in [-0.3, -0.25) is 0 Å². The Morgan fingerprint density at radius 1 is 0.968 bits per heavy atom. The number of aromatic nitrogens is 1. The van der Waals surface area contributed by atoms with E-state index in [0.717, 1.165) is 41.1 Å². The zero-order valence-corrected chi connectivity index (χ0v) is 19.5. The van der Waals surface area contributed by atoms with Crippen molar-refractivity contribution in [2.45, 2.75) is 26.2 Å². The molecule has 0 bridgehead atoms. The van der Waals surface area contributed by atoms with Crippen molar-refractivity contribution in [2.24, 2.45) is 17.4 Å². The summed E-state index contributed by atoms with van der Waals surface area (Å²) >= 11 is 3.50. The number of allylic oxidation sites excluding steroid dienone is 2. The van der Waals surface area contributed by atoms with Gasteiger partial charge in [-0.1, -0.05) is 55.1 Å². The molecule has 2 heterocycles. The van der Waals surface area contributed by atoms with Gasteiger partial charge >= 0.3 is 0 Å². The van der Waals surface area contributed by atoms with Crippen molar-refractivity contribution in [1.29, 1.82) is 0 Å². The number of benzene rings is 2. The van der Waals surface area contributed by atoms with Crippen LogP contribution in [0.5, 0.6) is 0 Å². The number of nitrogens with two attached hydrogens (primary N) is 2. The maximum absolute atomic E-state index is 5.80. The van der Waals surface area contributed by atoms with Gasteiger partial charge in [0.1, 0.15) is 5.01 Å². The average Bonchev–Trinajstić information content (AvgIpc) is 3.17. The van der Waals surface area contributed by atoms with Crippen LogP contribution in [0.15, 0.2) is 65.4 Å². The Morgan fingerprint density at radius 2 is 1.71 bits per heavy atom. The van der Waals surface area contributed by atoms with Crippen LogP contribution in [0.3, 0.4) is 0 Å². The number of nitrogens with zero attached hydrogens (tertiary/aromatic N) is 1. The van der Waals surface area contributed by atoms with E-state index in [9.17, 15) is 0 Å². The molecule has 160 valence electrons. The summed E-state index contributed by atoms with van der Waals surface area (Å²) in [5.74, 6) is 0.592. The molecule has 3 aromatic rings. The molecule has 1 aliphatic heterocycles. The third kappa shape index (κ3) is 5.55. The molecule has 0 saturated carbocycles. The predicted octanol–water partition coefficient (Wildman–Crippen LogP) is 6.11. The molecule has 2 aromatic carbocycles. The Labute approximate surface area is 193 Å². The Kier molecular flexibility index (Phi) is 7.41. The van der Waals surface area contributed by atoms with Crippen molar-refractivity contribution in [3.05, 3.63) is 82.1 Å². The number of hydrogen-bond acceptors (Lipinski definition) is 5. The summed E-state index contributed by atoms with van der Waals surface area (Å²) in [5, 5.41) is 5.41. The molecule has 5 heteroatoms. The van der Waals surface area contributed by atoms with E-state index in [1.165, 1.54) is 21.6 Å². The first kappa shape index (κ1) is 22.0. The maximum atomic E-state index is 5.80. The molecule has 0 radical (unpaired) electrons. The minimum atomic E-state index is 0.592. The van der Waals surface area contributed by atoms with E-state index < -0.39 is 0 Å². The predicted molar refractivity (Wildman–Crippen MR) is 137 cm³/mol. The first-order valence-corrected chi connectivity index (χ1v) is 12.6. The van der Waals surface area contributed by atoms with Crippen molar-refractivity contribution in [1.82, 2.24) is 4.98 Å². The van der Waals surface area contributed by atoms with Gasteiger partial charge in [0.15, 0.2) is 0 Å². The van der Waals surface area contributed by atoms with Crippen LogP contribution >= 0.6 is 23.1 Å². The zero-order chi connectivity index (χ0) is 21.6. The molecule has 1 unspecified atom stereocenters. The van der Waals surface area contributed by atoms with Crippen LogP contribution in [0.4, 0.5) is 0 Å². The summed E-state index contributed by atoms with van der Waals surface area (Å²) in [6.07, 6.45) is 7.44. The Hall–Kier alpha value is -2.18. The zero-order valence-electron chi connectivity index (χ0n) is 17.9. The van der Waals surface area contributed by atoms with Crippen molar-refractivity contribution in [3.63, 3.8) is 0 Å². The van der Waals surface area contributed by atoms with Gasteiger partial charge in [-0.25, -0.2) is 4.98 Å². The summed E-state index contributed by atoms with van der Waals surface area (Å²) in [4.78, 5) is 6.31. The van der Waals surface area contributed by atoms with E-state index >= 15 is 0 Å². The van der Waals surface area contributed by atoms with Gasteiger partial charge in [-0.05, 0) is 78.6 Å². The molecule has 1 aromatic heterocycles. The van der Waals surface area contributed by atoms with E-state index in [2.05, 4.69) is 72.3 Å². The molecule has 31 heavy (non-hydrogen) atoms. The highest BCUT2D eigenvalue weighted by atomic mass is 32.2. The molecule has 3 nitrogen and oxygen atoms in total. The first-order valence-electron chi connectivity index (χ1n) is 10.8. The van der Waals surface area contributed by atoms with Crippen LogP contribution in [0.2, 0.25) is 0 Å². The van der Waals surface area contributed by atoms with E-state index in [1.54, 1.807) is 23.1 Å². The Balaban J connectivity index is 1.63. The van der Waals surface area contributed by atoms with E-state index in [4.69, 9.17) is 16.5 Å². The average molecular weight is 448 g/mol. The van der Waals surface area contributed by atoms with Crippen molar-refractivity contribution in [3.8, 4) is 21.8 Å². The summed E-state index contributed by atoms with van der Waals surface area (Å²) in [5.41, 5.74) is 18.7. The van der Waals surface area contributed by atoms with Crippen LogP contribution in [-0.2, 0) is 12.8 Å². The number of thiazole rings is 1. The number of rotatable bonds is 7.